The number of fused-ring (bicyclic) bond motifs is 1. The van der Waals surface area contributed by atoms with Gasteiger partial charge in [0.15, 0.2) is 12.1 Å². The Kier molecular flexibility index (Phi) is 14.9. The molecule has 4 rings (SSSR count). The number of aliphatic hydroxyl groups excluding tert-OH is 2. The summed E-state index contributed by atoms with van der Waals surface area (Å²) in [5.41, 5.74) is 1.32. The fourth-order valence-electron chi connectivity index (χ4n) is 7.24. The Balaban J connectivity index is 0.000000525. The van der Waals surface area contributed by atoms with E-state index in [1.165, 1.54) is 11.3 Å². The number of esters is 1. The molecule has 0 spiro atoms. The molecule has 256 valence electrons. The zero-order valence-corrected chi connectivity index (χ0v) is 29.0. The first kappa shape index (κ1) is 37.5. The lowest BCUT2D eigenvalue weighted by Gasteiger charge is -2.35. The first-order valence-electron chi connectivity index (χ1n) is 17.4. The van der Waals surface area contributed by atoms with E-state index in [4.69, 9.17) is 14.6 Å². The second kappa shape index (κ2) is 17.9. The van der Waals surface area contributed by atoms with E-state index in [1.54, 1.807) is 13.8 Å². The third kappa shape index (κ3) is 11.7. The number of ketones is 1. The number of aromatic nitrogens is 1. The van der Waals surface area contributed by atoms with E-state index < -0.39 is 23.8 Å². The summed E-state index contributed by atoms with van der Waals surface area (Å²) >= 11 is 0. The molecule has 45 heavy (non-hydrogen) atoms. The molecule has 7 atom stereocenters. The highest BCUT2D eigenvalue weighted by molar-refractivity contribution is 6.03. The molecule has 1 aromatic rings. The van der Waals surface area contributed by atoms with E-state index in [-0.39, 0.29) is 29.8 Å². The number of nitrogens with zero attached hydrogens (tertiary/aromatic N) is 3. The van der Waals surface area contributed by atoms with Gasteiger partial charge in [-0.3, -0.25) is 24.4 Å². The number of cyclic esters (lactones) is 1. The molecule has 0 bridgehead atoms. The zero-order chi connectivity index (χ0) is 33.1. The topological polar surface area (TPSA) is 112 Å². The predicted molar refractivity (Wildman–Crippen MR) is 176 cm³/mol. The molecule has 0 saturated carbocycles. The molecule has 2 N–H and O–H groups in total. The van der Waals surface area contributed by atoms with Gasteiger partial charge < -0.3 is 19.7 Å². The van der Waals surface area contributed by atoms with Gasteiger partial charge in [-0.25, -0.2) is 0 Å². The van der Waals surface area contributed by atoms with Crippen molar-refractivity contribution in [3.8, 4) is 0 Å². The summed E-state index contributed by atoms with van der Waals surface area (Å²) in [6.45, 7) is 18.6. The van der Waals surface area contributed by atoms with Crippen LogP contribution in [0, 0.1) is 23.2 Å². The van der Waals surface area contributed by atoms with Gasteiger partial charge in [0, 0.05) is 44.2 Å². The highest BCUT2D eigenvalue weighted by Crippen LogP contribution is 2.29. The molecular formula is C36H61N3O6. The summed E-state index contributed by atoms with van der Waals surface area (Å²) in [6, 6.07) is 4.28. The van der Waals surface area contributed by atoms with Crippen molar-refractivity contribution in [1.82, 2.24) is 14.8 Å². The number of pyridine rings is 1. The molecule has 3 aliphatic heterocycles. The van der Waals surface area contributed by atoms with Crippen LogP contribution in [0.1, 0.15) is 105 Å². The van der Waals surface area contributed by atoms with Gasteiger partial charge in [0.25, 0.3) is 0 Å². The van der Waals surface area contributed by atoms with Gasteiger partial charge in [0.2, 0.25) is 0 Å². The first-order valence-corrected chi connectivity index (χ1v) is 17.4. The lowest BCUT2D eigenvalue weighted by molar-refractivity contribution is -0.169. The minimum absolute atomic E-state index is 0.0905. The van der Waals surface area contributed by atoms with E-state index >= 15 is 0 Å². The van der Waals surface area contributed by atoms with Crippen LogP contribution < -0.4 is 0 Å². The molecule has 4 heterocycles. The summed E-state index contributed by atoms with van der Waals surface area (Å²) in [7, 11) is 0. The smallest absolute Gasteiger partial charge is 0.319 e. The molecule has 2 fully saturated rings. The summed E-state index contributed by atoms with van der Waals surface area (Å²) in [6.07, 6.45) is 7.92. The van der Waals surface area contributed by atoms with Gasteiger partial charge in [-0.15, -0.1) is 0 Å². The van der Waals surface area contributed by atoms with Crippen molar-refractivity contribution in [2.45, 2.75) is 131 Å². The van der Waals surface area contributed by atoms with Crippen LogP contribution in [-0.2, 0) is 32.0 Å². The van der Waals surface area contributed by atoms with Gasteiger partial charge in [0.05, 0.1) is 17.9 Å². The molecule has 0 amide bonds. The minimum Gasteiger partial charge on any atom is -0.463 e. The number of carbonyl (C=O) groups is 2. The van der Waals surface area contributed by atoms with Crippen molar-refractivity contribution < 1.29 is 29.3 Å². The van der Waals surface area contributed by atoms with Crippen molar-refractivity contribution in [2.75, 3.05) is 32.8 Å². The molecule has 0 aliphatic carbocycles. The van der Waals surface area contributed by atoms with E-state index in [9.17, 15) is 14.7 Å². The Morgan fingerprint density at radius 3 is 2.47 bits per heavy atom. The van der Waals surface area contributed by atoms with Crippen LogP contribution in [0.3, 0.4) is 0 Å². The Hall–Kier alpha value is -1.91. The number of carbonyl (C=O) groups excluding carboxylic acids is 2. The first-order chi connectivity index (χ1) is 21.3. The SMILES string of the molecule is CCCN1C[C@H](C)C[C@@H](O)C[C@@H](C)C(=O)C(C)(C)C(=O)OC[C@H]1CCCN1CCc2cccnc2C1.C[C@H]1C[C@@H](C)O[C@@H](O)C1. The fourth-order valence-corrected chi connectivity index (χ4v) is 7.24. The van der Waals surface area contributed by atoms with E-state index in [0.29, 0.717) is 25.4 Å². The molecule has 0 unspecified atom stereocenters. The zero-order valence-electron chi connectivity index (χ0n) is 29.0. The number of hydrogen-bond acceptors (Lipinski definition) is 9. The number of hydrogen-bond donors (Lipinski definition) is 2. The number of rotatable bonds is 6. The van der Waals surface area contributed by atoms with Crippen LogP contribution in [-0.4, -0.2) is 94.1 Å². The van der Waals surface area contributed by atoms with Gasteiger partial charge in [-0.1, -0.05) is 33.8 Å². The van der Waals surface area contributed by atoms with Crippen LogP contribution in [0.4, 0.5) is 0 Å². The summed E-state index contributed by atoms with van der Waals surface area (Å²) in [5.74, 6) is -0.0999. The van der Waals surface area contributed by atoms with Gasteiger partial charge in [0.1, 0.15) is 12.0 Å². The van der Waals surface area contributed by atoms with Crippen LogP contribution in [0.25, 0.3) is 0 Å². The standard InChI is InChI=1S/C29H47N3O4.C7H14O2/c1-6-13-32-18-21(2)16-25(33)17-22(3)27(34)29(4,5)28(35)36-20-24(32)10-8-14-31-15-11-23-9-7-12-30-26(23)19-31;1-5-3-6(2)9-7(8)4-5/h7,9,12,21-22,24-25,33H,6,8,10-11,13-20H2,1-5H3;5-8H,3-4H2,1-2H3/t21-,22-,24-,25-;5-,6+,7+/m10/s1. The van der Waals surface area contributed by atoms with Crippen LogP contribution in [0.5, 0.6) is 0 Å². The fraction of sp³-hybridized carbons (Fsp3) is 0.806. The summed E-state index contributed by atoms with van der Waals surface area (Å²) in [4.78, 5) is 35.6. The largest absolute Gasteiger partial charge is 0.463 e. The van der Waals surface area contributed by atoms with Crippen molar-refractivity contribution in [3.63, 3.8) is 0 Å². The Morgan fingerprint density at radius 2 is 1.78 bits per heavy atom. The summed E-state index contributed by atoms with van der Waals surface area (Å²) in [5, 5.41) is 19.7. The van der Waals surface area contributed by atoms with Crippen molar-refractivity contribution in [1.29, 1.82) is 0 Å². The normalized spacial score (nSPS) is 32.2. The highest BCUT2D eigenvalue weighted by atomic mass is 16.6. The van der Waals surface area contributed by atoms with E-state index in [1.807, 2.05) is 26.1 Å². The lowest BCUT2D eigenvalue weighted by atomic mass is 9.79. The maximum atomic E-state index is 13.1. The van der Waals surface area contributed by atoms with Crippen LogP contribution in [0.2, 0.25) is 0 Å². The van der Waals surface area contributed by atoms with E-state index in [2.05, 4.69) is 41.6 Å². The monoisotopic (exact) mass is 631 g/mol. The average Bonchev–Trinajstić information content (AvgIpc) is 2.97. The van der Waals surface area contributed by atoms with Crippen LogP contribution in [0.15, 0.2) is 18.3 Å². The number of ether oxygens (including phenoxy) is 2. The Labute approximate surface area is 272 Å². The van der Waals surface area contributed by atoms with Gasteiger partial charge >= 0.3 is 5.97 Å². The van der Waals surface area contributed by atoms with Gasteiger partial charge in [-0.2, -0.15) is 0 Å². The molecule has 9 nitrogen and oxygen atoms in total. The average molecular weight is 632 g/mol. The predicted octanol–water partition coefficient (Wildman–Crippen LogP) is 5.01. The molecule has 0 radical (unpaired) electrons. The third-order valence-electron chi connectivity index (χ3n) is 9.65. The maximum absolute atomic E-state index is 13.1. The summed E-state index contributed by atoms with van der Waals surface area (Å²) < 4.78 is 11.0. The molecule has 0 aromatic carbocycles. The number of Topliss-reactive ketones (excluding diaryl/α,β-unsaturated/α-hetero) is 1. The minimum atomic E-state index is -1.22. The van der Waals surface area contributed by atoms with Gasteiger partial charge in [-0.05, 0) is 102 Å². The second-order valence-electron chi connectivity index (χ2n) is 14.6. The quantitative estimate of drug-likeness (QED) is 0.331. The van der Waals surface area contributed by atoms with Crippen molar-refractivity contribution in [3.05, 3.63) is 29.6 Å². The Morgan fingerprint density at radius 1 is 1.02 bits per heavy atom. The third-order valence-corrected chi connectivity index (χ3v) is 9.65. The maximum Gasteiger partial charge on any atom is 0.319 e. The molecule has 1 aromatic heterocycles. The molecular weight excluding hydrogens is 570 g/mol. The molecule has 2 saturated heterocycles. The lowest BCUT2D eigenvalue weighted by Crippen LogP contribution is -2.44. The number of aliphatic hydroxyl groups is 2. The molecule has 3 aliphatic rings. The van der Waals surface area contributed by atoms with Crippen LogP contribution >= 0.6 is 0 Å². The Bertz CT molecular complexity index is 1040. The van der Waals surface area contributed by atoms with E-state index in [0.717, 1.165) is 71.2 Å². The van der Waals surface area contributed by atoms with Crippen molar-refractivity contribution >= 4 is 11.8 Å². The second-order valence-corrected chi connectivity index (χ2v) is 14.6. The van der Waals surface area contributed by atoms with Crippen molar-refractivity contribution in [2.24, 2.45) is 23.2 Å². The molecule has 9 heteroatoms. The highest BCUT2D eigenvalue weighted by Gasteiger charge is 2.41.